The van der Waals surface area contributed by atoms with Crippen molar-refractivity contribution in [1.82, 2.24) is 14.7 Å². The van der Waals surface area contributed by atoms with Crippen LogP contribution in [0.5, 0.6) is 0 Å². The van der Waals surface area contributed by atoms with Gasteiger partial charge in [-0.05, 0) is 27.2 Å². The minimum Gasteiger partial charge on any atom is -0.481 e. The molecule has 6 nitrogen and oxygen atoms in total. The minimum atomic E-state index is -0.927. The first-order valence-electron chi connectivity index (χ1n) is 7.33. The highest BCUT2D eigenvalue weighted by atomic mass is 16.4. The monoisotopic (exact) mass is 293 g/mol. The lowest BCUT2D eigenvalue weighted by atomic mass is 9.93. The fourth-order valence-corrected chi connectivity index (χ4v) is 3.01. The van der Waals surface area contributed by atoms with Gasteiger partial charge in [-0.25, -0.2) is 0 Å². The summed E-state index contributed by atoms with van der Waals surface area (Å²) in [7, 11) is 0. The largest absolute Gasteiger partial charge is 0.481 e. The van der Waals surface area contributed by atoms with Gasteiger partial charge in [0.1, 0.15) is 0 Å². The number of amides is 1. The van der Waals surface area contributed by atoms with Crippen molar-refractivity contribution in [2.24, 2.45) is 5.92 Å². The zero-order valence-corrected chi connectivity index (χ0v) is 13.0. The highest BCUT2D eigenvalue weighted by Gasteiger charge is 2.49. The number of carboxylic acid groups (broad SMARTS) is 1. The number of carboxylic acids is 1. The first kappa shape index (κ1) is 15.5. The molecule has 2 atom stereocenters. The minimum absolute atomic E-state index is 0.0518. The fraction of sp³-hybridized carbons (Fsp3) is 0.667. The Morgan fingerprint density at radius 3 is 2.67 bits per heavy atom. The van der Waals surface area contributed by atoms with E-state index in [2.05, 4.69) is 12.0 Å². The van der Waals surface area contributed by atoms with Gasteiger partial charge in [0, 0.05) is 30.3 Å². The summed E-state index contributed by atoms with van der Waals surface area (Å²) >= 11 is 0. The van der Waals surface area contributed by atoms with E-state index in [1.807, 2.05) is 27.0 Å². The molecule has 116 valence electrons. The second-order valence-electron chi connectivity index (χ2n) is 6.56. The first-order chi connectivity index (χ1) is 9.75. The molecule has 2 heterocycles. The van der Waals surface area contributed by atoms with Gasteiger partial charge < -0.3 is 10.0 Å². The van der Waals surface area contributed by atoms with Gasteiger partial charge in [-0.15, -0.1) is 0 Å². The standard InChI is InChI=1S/C15H23N3O3/c1-5-6-17-9-10(8-16-17)13-11(14(20)21)7-12(19)18(13)15(2,3)4/h8-9,11,13H,5-7H2,1-4H3,(H,20,21). The van der Waals surface area contributed by atoms with Gasteiger partial charge in [0.2, 0.25) is 5.91 Å². The van der Waals surface area contributed by atoms with Gasteiger partial charge in [0.15, 0.2) is 0 Å². The van der Waals surface area contributed by atoms with E-state index >= 15 is 0 Å². The summed E-state index contributed by atoms with van der Waals surface area (Å²) in [5.41, 5.74) is 0.385. The summed E-state index contributed by atoms with van der Waals surface area (Å²) in [5.74, 6) is -1.75. The number of aromatic nitrogens is 2. The number of likely N-dealkylation sites (tertiary alicyclic amines) is 1. The van der Waals surface area contributed by atoms with E-state index in [1.165, 1.54) is 0 Å². The molecule has 1 aromatic rings. The molecular formula is C15H23N3O3. The molecule has 0 spiro atoms. The molecule has 0 aliphatic carbocycles. The fourth-order valence-electron chi connectivity index (χ4n) is 3.01. The number of aliphatic carboxylic acids is 1. The first-order valence-corrected chi connectivity index (χ1v) is 7.33. The maximum absolute atomic E-state index is 12.3. The van der Waals surface area contributed by atoms with Crippen LogP contribution in [0.4, 0.5) is 0 Å². The van der Waals surface area contributed by atoms with Crippen molar-refractivity contribution in [3.05, 3.63) is 18.0 Å². The molecule has 2 rings (SSSR count). The van der Waals surface area contributed by atoms with Crippen LogP contribution < -0.4 is 0 Å². The summed E-state index contributed by atoms with van der Waals surface area (Å²) in [6.07, 6.45) is 4.56. The zero-order chi connectivity index (χ0) is 15.8. The number of hydrogen-bond acceptors (Lipinski definition) is 3. The summed E-state index contributed by atoms with van der Waals surface area (Å²) in [4.78, 5) is 25.5. The van der Waals surface area contributed by atoms with E-state index in [-0.39, 0.29) is 12.3 Å². The van der Waals surface area contributed by atoms with E-state index in [0.29, 0.717) is 0 Å². The third-order valence-electron chi connectivity index (χ3n) is 3.81. The van der Waals surface area contributed by atoms with Crippen molar-refractivity contribution >= 4 is 11.9 Å². The second kappa shape index (κ2) is 5.50. The Morgan fingerprint density at radius 1 is 1.48 bits per heavy atom. The second-order valence-corrected chi connectivity index (χ2v) is 6.56. The molecule has 1 aliphatic rings. The molecule has 0 aromatic carbocycles. The van der Waals surface area contributed by atoms with Gasteiger partial charge in [0.05, 0.1) is 18.2 Å². The van der Waals surface area contributed by atoms with Crippen molar-refractivity contribution in [2.75, 3.05) is 0 Å². The Kier molecular flexibility index (Phi) is 4.07. The molecule has 0 bridgehead atoms. The lowest BCUT2D eigenvalue weighted by Gasteiger charge is -2.37. The molecule has 0 saturated carbocycles. The Hall–Kier alpha value is -1.85. The van der Waals surface area contributed by atoms with E-state index in [4.69, 9.17) is 0 Å². The van der Waals surface area contributed by atoms with E-state index in [0.717, 1.165) is 18.5 Å². The van der Waals surface area contributed by atoms with E-state index < -0.39 is 23.5 Å². The molecule has 1 saturated heterocycles. The van der Waals surface area contributed by atoms with Crippen molar-refractivity contribution in [1.29, 1.82) is 0 Å². The quantitative estimate of drug-likeness (QED) is 0.922. The lowest BCUT2D eigenvalue weighted by Crippen LogP contribution is -2.44. The van der Waals surface area contributed by atoms with Gasteiger partial charge in [-0.1, -0.05) is 6.92 Å². The van der Waals surface area contributed by atoms with Crippen LogP contribution in [-0.2, 0) is 16.1 Å². The zero-order valence-electron chi connectivity index (χ0n) is 13.0. The van der Waals surface area contributed by atoms with Gasteiger partial charge in [-0.3, -0.25) is 14.3 Å². The highest BCUT2D eigenvalue weighted by Crippen LogP contribution is 2.42. The average Bonchev–Trinajstić information content (AvgIpc) is 2.92. The summed E-state index contributed by atoms with van der Waals surface area (Å²) in [6.45, 7) is 8.63. The van der Waals surface area contributed by atoms with Gasteiger partial charge >= 0.3 is 5.97 Å². The number of nitrogens with zero attached hydrogens (tertiary/aromatic N) is 3. The molecular weight excluding hydrogens is 270 g/mol. The molecule has 1 amide bonds. The van der Waals surface area contributed by atoms with Crippen molar-refractivity contribution in [3.8, 4) is 0 Å². The highest BCUT2D eigenvalue weighted by molar-refractivity contribution is 5.87. The normalized spacial score (nSPS) is 22.9. The topological polar surface area (TPSA) is 75.4 Å². The van der Waals surface area contributed by atoms with Crippen LogP contribution in [-0.4, -0.2) is 37.2 Å². The molecule has 2 unspecified atom stereocenters. The van der Waals surface area contributed by atoms with Crippen LogP contribution in [0.2, 0.25) is 0 Å². The third kappa shape index (κ3) is 2.94. The Labute approximate surface area is 124 Å². The third-order valence-corrected chi connectivity index (χ3v) is 3.81. The molecule has 0 radical (unpaired) electrons. The Bertz CT molecular complexity index is 545. The van der Waals surface area contributed by atoms with Crippen LogP contribution in [0.15, 0.2) is 12.4 Å². The maximum atomic E-state index is 12.3. The van der Waals surface area contributed by atoms with Crippen molar-refractivity contribution < 1.29 is 14.7 Å². The van der Waals surface area contributed by atoms with E-state index in [9.17, 15) is 14.7 Å². The molecule has 6 heteroatoms. The molecule has 1 fully saturated rings. The van der Waals surface area contributed by atoms with Crippen LogP contribution in [0.3, 0.4) is 0 Å². The number of carbonyl (C=O) groups excluding carboxylic acids is 1. The number of rotatable bonds is 4. The van der Waals surface area contributed by atoms with Crippen molar-refractivity contribution in [3.63, 3.8) is 0 Å². The summed E-state index contributed by atoms with van der Waals surface area (Å²) in [6, 6.07) is -0.444. The number of aryl methyl sites for hydroxylation is 1. The predicted octanol–water partition coefficient (Wildman–Crippen LogP) is 2.07. The van der Waals surface area contributed by atoms with Crippen LogP contribution in [0, 0.1) is 5.92 Å². The lowest BCUT2D eigenvalue weighted by molar-refractivity contribution is -0.142. The van der Waals surface area contributed by atoms with Crippen LogP contribution in [0.25, 0.3) is 0 Å². The molecule has 1 N–H and O–H groups in total. The maximum Gasteiger partial charge on any atom is 0.309 e. The van der Waals surface area contributed by atoms with Crippen LogP contribution in [0.1, 0.15) is 52.1 Å². The SMILES string of the molecule is CCCn1cc(C2C(C(=O)O)CC(=O)N2C(C)(C)C)cn1. The smallest absolute Gasteiger partial charge is 0.309 e. The van der Waals surface area contributed by atoms with Crippen LogP contribution >= 0.6 is 0 Å². The predicted molar refractivity (Wildman–Crippen MR) is 77.6 cm³/mol. The van der Waals surface area contributed by atoms with Gasteiger partial charge in [-0.2, -0.15) is 5.10 Å². The molecule has 21 heavy (non-hydrogen) atoms. The van der Waals surface area contributed by atoms with Gasteiger partial charge in [0.25, 0.3) is 0 Å². The van der Waals surface area contributed by atoms with E-state index in [1.54, 1.807) is 15.8 Å². The summed E-state index contributed by atoms with van der Waals surface area (Å²) < 4.78 is 1.80. The number of carbonyl (C=O) groups is 2. The molecule has 1 aromatic heterocycles. The average molecular weight is 293 g/mol. The Morgan fingerprint density at radius 2 is 2.14 bits per heavy atom. The summed E-state index contributed by atoms with van der Waals surface area (Å²) in [5, 5.41) is 13.7. The van der Waals surface area contributed by atoms with Crippen molar-refractivity contribution in [2.45, 2.75) is 58.7 Å². The number of hydrogen-bond donors (Lipinski definition) is 1. The molecule has 1 aliphatic heterocycles. The Balaban J connectivity index is 2.41.